The number of carbonyl (C=O) groups excluding carboxylic acids is 2. The first-order valence-electron chi connectivity index (χ1n) is 12.4. The zero-order valence-corrected chi connectivity index (χ0v) is 20.8. The van der Waals surface area contributed by atoms with Crippen molar-refractivity contribution in [3.05, 3.63) is 125 Å². The largest absolute Gasteiger partial charge is 0.364 e. The van der Waals surface area contributed by atoms with Gasteiger partial charge in [0.2, 0.25) is 0 Å². The van der Waals surface area contributed by atoms with Gasteiger partial charge in [0.25, 0.3) is 5.91 Å². The van der Waals surface area contributed by atoms with Crippen LogP contribution in [0.4, 0.5) is 13.2 Å². The topological polar surface area (TPSA) is 85.9 Å². The van der Waals surface area contributed by atoms with Gasteiger partial charge in [0, 0.05) is 42.8 Å². The van der Waals surface area contributed by atoms with Crippen molar-refractivity contribution in [2.45, 2.75) is 31.6 Å². The third kappa shape index (κ3) is 5.95. The monoisotopic (exact) mass is 527 g/mol. The van der Waals surface area contributed by atoms with E-state index in [1.165, 1.54) is 30.5 Å². The number of aromatic nitrogens is 2. The first-order chi connectivity index (χ1) is 18.8. The van der Waals surface area contributed by atoms with Crippen LogP contribution in [0.2, 0.25) is 0 Å². The number of fused-ring (bicyclic) bond motifs is 1. The van der Waals surface area contributed by atoms with E-state index in [0.29, 0.717) is 28.8 Å². The number of benzene rings is 2. The lowest BCUT2D eigenvalue weighted by Gasteiger charge is -2.20. The second-order valence-corrected chi connectivity index (χ2v) is 9.56. The molecule has 0 aliphatic heterocycles. The van der Waals surface area contributed by atoms with E-state index in [1.807, 2.05) is 6.08 Å². The van der Waals surface area contributed by atoms with Crippen LogP contribution in [0.1, 0.15) is 51.6 Å². The number of carbonyl (C=O) groups is 2. The molecule has 1 atom stereocenters. The van der Waals surface area contributed by atoms with E-state index in [9.17, 15) is 22.8 Å². The Hall–Kier alpha value is -4.59. The van der Waals surface area contributed by atoms with Crippen molar-refractivity contribution in [3.63, 3.8) is 0 Å². The summed E-state index contributed by atoms with van der Waals surface area (Å²) in [6, 6.07) is 14.6. The number of ketones is 1. The highest BCUT2D eigenvalue weighted by Crippen LogP contribution is 2.35. The van der Waals surface area contributed by atoms with Crippen LogP contribution in [0, 0.1) is 17.5 Å². The summed E-state index contributed by atoms with van der Waals surface area (Å²) >= 11 is 0. The lowest BCUT2D eigenvalue weighted by atomic mass is 9.85. The molecule has 1 amide bonds. The van der Waals surface area contributed by atoms with Gasteiger partial charge in [-0.3, -0.25) is 19.6 Å². The van der Waals surface area contributed by atoms with Crippen LogP contribution in [-0.2, 0) is 17.6 Å². The van der Waals surface area contributed by atoms with Gasteiger partial charge < -0.3 is 5.73 Å². The Morgan fingerprint density at radius 1 is 0.872 bits per heavy atom. The van der Waals surface area contributed by atoms with Crippen LogP contribution in [-0.4, -0.2) is 21.7 Å². The van der Waals surface area contributed by atoms with Gasteiger partial charge in [-0.2, -0.15) is 0 Å². The van der Waals surface area contributed by atoms with Gasteiger partial charge in [-0.05, 0) is 83.1 Å². The van der Waals surface area contributed by atoms with E-state index in [1.54, 1.807) is 36.5 Å². The third-order valence-corrected chi connectivity index (χ3v) is 6.80. The SMILES string of the molecule is NC(=O)c1cc(-c2cccnc2[C@@H](CC(=O)CC2=CCc3ccc(F)cc32)Cc2cc(F)cc(F)c2)ccn1. The Morgan fingerprint density at radius 2 is 1.67 bits per heavy atom. The fourth-order valence-electron chi connectivity index (χ4n) is 5.09. The third-order valence-electron chi connectivity index (χ3n) is 6.80. The van der Waals surface area contributed by atoms with Gasteiger partial charge in [-0.25, -0.2) is 13.2 Å². The molecule has 1 aliphatic carbocycles. The van der Waals surface area contributed by atoms with Crippen LogP contribution in [0.15, 0.2) is 79.1 Å². The van der Waals surface area contributed by atoms with Crippen molar-refractivity contribution < 1.29 is 22.8 Å². The molecule has 2 aromatic carbocycles. The van der Waals surface area contributed by atoms with E-state index in [-0.39, 0.29) is 36.6 Å². The van der Waals surface area contributed by atoms with Crippen LogP contribution in [0.25, 0.3) is 16.7 Å². The van der Waals surface area contributed by atoms with E-state index >= 15 is 0 Å². The molecule has 0 spiro atoms. The molecular weight excluding hydrogens is 503 g/mol. The second kappa shape index (κ2) is 11.0. The van der Waals surface area contributed by atoms with Crippen LogP contribution in [0.5, 0.6) is 0 Å². The maximum absolute atomic E-state index is 14.0. The molecule has 5 nitrogen and oxygen atoms in total. The van der Waals surface area contributed by atoms with E-state index in [0.717, 1.165) is 22.8 Å². The van der Waals surface area contributed by atoms with Crippen molar-refractivity contribution in [3.8, 4) is 11.1 Å². The van der Waals surface area contributed by atoms with Crippen LogP contribution >= 0.6 is 0 Å². The average molecular weight is 528 g/mol. The Labute approximate surface area is 223 Å². The Bertz CT molecular complexity index is 1600. The van der Waals surface area contributed by atoms with Crippen LogP contribution in [0.3, 0.4) is 0 Å². The number of Topliss-reactive ketones (excluding diaryl/α,β-unsaturated/α-hetero) is 1. The smallest absolute Gasteiger partial charge is 0.267 e. The van der Waals surface area contributed by atoms with Crippen molar-refractivity contribution in [1.29, 1.82) is 0 Å². The highest BCUT2D eigenvalue weighted by molar-refractivity contribution is 5.93. The number of halogens is 3. The summed E-state index contributed by atoms with van der Waals surface area (Å²) in [6.45, 7) is 0. The van der Waals surface area contributed by atoms with Gasteiger partial charge in [0.15, 0.2) is 0 Å². The molecule has 0 bridgehead atoms. The fourth-order valence-corrected chi connectivity index (χ4v) is 5.09. The highest BCUT2D eigenvalue weighted by atomic mass is 19.1. The summed E-state index contributed by atoms with van der Waals surface area (Å²) in [7, 11) is 0. The van der Waals surface area contributed by atoms with Gasteiger partial charge in [-0.15, -0.1) is 0 Å². The molecule has 2 N–H and O–H groups in total. The molecule has 5 rings (SSSR count). The minimum atomic E-state index is -0.716. The van der Waals surface area contributed by atoms with E-state index in [2.05, 4.69) is 9.97 Å². The lowest BCUT2D eigenvalue weighted by molar-refractivity contribution is -0.118. The molecule has 2 aromatic heterocycles. The van der Waals surface area contributed by atoms with Gasteiger partial charge in [0.05, 0.1) is 5.69 Å². The average Bonchev–Trinajstić information content (AvgIpc) is 3.29. The molecule has 39 heavy (non-hydrogen) atoms. The summed E-state index contributed by atoms with van der Waals surface area (Å²) in [5, 5.41) is 0. The minimum absolute atomic E-state index is 0.0257. The molecule has 8 heteroatoms. The number of amides is 1. The normalized spacial score (nSPS) is 13.1. The summed E-state index contributed by atoms with van der Waals surface area (Å²) < 4.78 is 42.0. The van der Waals surface area contributed by atoms with Crippen molar-refractivity contribution >= 4 is 17.3 Å². The predicted octanol–water partition coefficient (Wildman–Crippen LogP) is 5.98. The molecule has 0 radical (unpaired) electrons. The van der Waals surface area contributed by atoms with Crippen molar-refractivity contribution in [1.82, 2.24) is 9.97 Å². The molecule has 4 aromatic rings. The predicted molar refractivity (Wildman–Crippen MR) is 141 cm³/mol. The number of rotatable bonds is 9. The fraction of sp³-hybridized carbons (Fsp3) is 0.161. The molecule has 0 fully saturated rings. The van der Waals surface area contributed by atoms with Crippen molar-refractivity contribution in [2.75, 3.05) is 0 Å². The number of nitrogens with zero attached hydrogens (tertiary/aromatic N) is 2. The first-order valence-corrected chi connectivity index (χ1v) is 12.4. The summed E-state index contributed by atoms with van der Waals surface area (Å²) in [5.41, 5.74) is 10.1. The van der Waals surface area contributed by atoms with Crippen molar-refractivity contribution in [2.24, 2.45) is 5.73 Å². The molecule has 1 aliphatic rings. The second-order valence-electron chi connectivity index (χ2n) is 9.56. The lowest BCUT2D eigenvalue weighted by Crippen LogP contribution is -2.14. The summed E-state index contributed by atoms with van der Waals surface area (Å²) in [5.74, 6) is -3.16. The molecule has 0 saturated heterocycles. The molecule has 196 valence electrons. The summed E-state index contributed by atoms with van der Waals surface area (Å²) in [6.07, 6.45) is 5.84. The number of pyridine rings is 2. The maximum atomic E-state index is 14.0. The molecule has 0 saturated carbocycles. The van der Waals surface area contributed by atoms with E-state index < -0.39 is 23.5 Å². The highest BCUT2D eigenvalue weighted by Gasteiger charge is 2.25. The summed E-state index contributed by atoms with van der Waals surface area (Å²) in [4.78, 5) is 33.7. The molecular formula is C31H24F3N3O2. The zero-order valence-electron chi connectivity index (χ0n) is 20.8. The van der Waals surface area contributed by atoms with Gasteiger partial charge >= 0.3 is 0 Å². The number of primary amides is 1. The number of nitrogens with two attached hydrogens (primary N) is 1. The Kier molecular flexibility index (Phi) is 7.36. The quantitative estimate of drug-likeness (QED) is 0.290. The Balaban J connectivity index is 1.49. The minimum Gasteiger partial charge on any atom is -0.364 e. The first kappa shape index (κ1) is 26.0. The number of hydrogen-bond donors (Lipinski definition) is 1. The standard InChI is InChI=1S/C31H24F3N3O2/c32-23-6-5-19-3-4-20(28(19)17-23)13-26(38)14-22(10-18-11-24(33)16-25(34)12-18)30-27(2-1-8-37-30)21-7-9-36-29(15-21)31(35)39/h1-2,4-9,11-12,15-17,22H,3,10,13-14H2,(H2,35,39)/t22-/m1/s1. The number of hydrogen-bond acceptors (Lipinski definition) is 4. The Morgan fingerprint density at radius 3 is 2.44 bits per heavy atom. The number of allylic oxidation sites excluding steroid dienone is 2. The van der Waals surface area contributed by atoms with Crippen LogP contribution < -0.4 is 5.73 Å². The molecule has 0 unspecified atom stereocenters. The van der Waals surface area contributed by atoms with Gasteiger partial charge in [0.1, 0.15) is 28.9 Å². The zero-order chi connectivity index (χ0) is 27.5. The van der Waals surface area contributed by atoms with E-state index in [4.69, 9.17) is 5.73 Å². The molecule has 2 heterocycles. The van der Waals surface area contributed by atoms with Gasteiger partial charge in [-0.1, -0.05) is 18.2 Å². The maximum Gasteiger partial charge on any atom is 0.267 e.